The predicted octanol–water partition coefficient (Wildman–Crippen LogP) is 5.71. The number of hydrogen-bond donors (Lipinski definition) is 1. The summed E-state index contributed by atoms with van der Waals surface area (Å²) in [5, 5.41) is 4.10. The molecule has 0 aliphatic carbocycles. The van der Waals surface area contributed by atoms with Crippen LogP contribution in [0, 0.1) is 26.6 Å². The molecule has 4 nitrogen and oxygen atoms in total. The number of hydrogen-bond acceptors (Lipinski definition) is 2. The molecule has 1 N–H and O–H groups in total. The summed E-state index contributed by atoms with van der Waals surface area (Å²) in [5.41, 5.74) is 6.04. The molecule has 0 spiro atoms. The number of nitrogens with one attached hydrogen (secondary N) is 1. The van der Waals surface area contributed by atoms with E-state index in [2.05, 4.69) is 53.5 Å². The second-order valence-corrected chi connectivity index (χ2v) is 8.61. The largest absolute Gasteiger partial charge is 0.351 e. The molecule has 30 heavy (non-hydrogen) atoms. The lowest BCUT2D eigenvalue weighted by atomic mass is 9.96. The van der Waals surface area contributed by atoms with Gasteiger partial charge in [-0.3, -0.25) is 4.98 Å². The lowest BCUT2D eigenvalue weighted by Crippen LogP contribution is -2.29. The van der Waals surface area contributed by atoms with Gasteiger partial charge in [0.05, 0.1) is 17.8 Å². The van der Waals surface area contributed by atoms with Gasteiger partial charge in [-0.15, -0.1) is 0 Å². The van der Waals surface area contributed by atoms with Crippen LogP contribution in [0.3, 0.4) is 0 Å². The standard InChI is InChI=1S/C24H27FN4S/c1-14(2)28-16(4)13-19(17(28)5)23-22(21-8-6-7-11-26-21)27-24(30)29(23)18-9-10-20(25)15(3)12-18/h6-14,22-23H,1-5H3,(H,27,30). The fraction of sp³-hybridized carbons (Fsp3) is 0.333. The number of benzene rings is 1. The first-order valence-electron chi connectivity index (χ1n) is 10.2. The van der Waals surface area contributed by atoms with E-state index in [0.717, 1.165) is 11.4 Å². The number of rotatable bonds is 4. The Morgan fingerprint density at radius 1 is 1.10 bits per heavy atom. The van der Waals surface area contributed by atoms with Crippen LogP contribution >= 0.6 is 12.2 Å². The molecule has 2 unspecified atom stereocenters. The van der Waals surface area contributed by atoms with Gasteiger partial charge >= 0.3 is 0 Å². The number of aryl methyl sites for hydroxylation is 2. The van der Waals surface area contributed by atoms with Crippen molar-refractivity contribution in [2.45, 2.75) is 52.7 Å². The van der Waals surface area contributed by atoms with E-state index < -0.39 is 0 Å². The quantitative estimate of drug-likeness (QED) is 0.546. The third-order valence-corrected chi connectivity index (χ3v) is 6.19. The van der Waals surface area contributed by atoms with E-state index in [4.69, 9.17) is 12.2 Å². The Hall–Kier alpha value is -2.73. The van der Waals surface area contributed by atoms with Crippen molar-refractivity contribution >= 4 is 23.0 Å². The van der Waals surface area contributed by atoms with Crippen molar-refractivity contribution in [2.75, 3.05) is 4.90 Å². The van der Waals surface area contributed by atoms with Gasteiger partial charge in [0.25, 0.3) is 0 Å². The van der Waals surface area contributed by atoms with Crippen molar-refractivity contribution in [2.24, 2.45) is 0 Å². The van der Waals surface area contributed by atoms with Gasteiger partial charge in [-0.25, -0.2) is 4.39 Å². The fourth-order valence-corrected chi connectivity index (χ4v) is 4.97. The molecule has 1 aliphatic heterocycles. The summed E-state index contributed by atoms with van der Waals surface area (Å²) in [5.74, 6) is -0.215. The van der Waals surface area contributed by atoms with E-state index in [1.165, 1.54) is 23.0 Å². The minimum Gasteiger partial charge on any atom is -0.351 e. The molecule has 0 radical (unpaired) electrons. The van der Waals surface area contributed by atoms with Gasteiger partial charge in [0, 0.05) is 29.3 Å². The summed E-state index contributed by atoms with van der Waals surface area (Å²) >= 11 is 5.77. The zero-order chi connectivity index (χ0) is 21.6. The van der Waals surface area contributed by atoms with Gasteiger partial charge in [0.2, 0.25) is 0 Å². The minimum atomic E-state index is -0.215. The first-order valence-corrected chi connectivity index (χ1v) is 10.7. The molecule has 0 bridgehead atoms. The normalized spacial score (nSPS) is 18.9. The van der Waals surface area contributed by atoms with E-state index in [9.17, 15) is 4.39 Å². The smallest absolute Gasteiger partial charge is 0.174 e. The highest BCUT2D eigenvalue weighted by molar-refractivity contribution is 7.80. The highest BCUT2D eigenvalue weighted by atomic mass is 32.1. The van der Waals surface area contributed by atoms with Gasteiger partial charge in [0.1, 0.15) is 5.82 Å². The van der Waals surface area contributed by atoms with Crippen molar-refractivity contribution in [1.82, 2.24) is 14.9 Å². The molecule has 1 aromatic carbocycles. The first kappa shape index (κ1) is 20.5. The highest BCUT2D eigenvalue weighted by Gasteiger charge is 2.42. The summed E-state index contributed by atoms with van der Waals surface area (Å²) < 4.78 is 16.3. The number of halogens is 1. The Morgan fingerprint density at radius 2 is 1.87 bits per heavy atom. The number of thiocarbonyl (C=S) groups is 1. The zero-order valence-electron chi connectivity index (χ0n) is 18.0. The second-order valence-electron chi connectivity index (χ2n) is 8.22. The molecule has 6 heteroatoms. The van der Waals surface area contributed by atoms with Gasteiger partial charge < -0.3 is 14.8 Å². The Bertz CT molecular complexity index is 1090. The van der Waals surface area contributed by atoms with Gasteiger partial charge in [0.15, 0.2) is 5.11 Å². The molecule has 3 aromatic rings. The van der Waals surface area contributed by atoms with E-state index >= 15 is 0 Å². The molecule has 1 aliphatic rings. The summed E-state index contributed by atoms with van der Waals surface area (Å²) in [6.45, 7) is 10.5. The Kier molecular flexibility index (Phi) is 5.36. The van der Waals surface area contributed by atoms with E-state index in [0.29, 0.717) is 16.7 Å². The maximum atomic E-state index is 14.0. The second kappa shape index (κ2) is 7.84. The van der Waals surface area contributed by atoms with Crippen LogP contribution in [0.4, 0.5) is 10.1 Å². The third-order valence-electron chi connectivity index (χ3n) is 5.88. The molecule has 2 aromatic heterocycles. The predicted molar refractivity (Wildman–Crippen MR) is 123 cm³/mol. The Morgan fingerprint density at radius 3 is 2.47 bits per heavy atom. The Labute approximate surface area is 182 Å². The van der Waals surface area contributed by atoms with Crippen LogP contribution in [0.15, 0.2) is 48.7 Å². The van der Waals surface area contributed by atoms with E-state index in [1.807, 2.05) is 24.3 Å². The van der Waals surface area contributed by atoms with Crippen LogP contribution in [-0.4, -0.2) is 14.7 Å². The zero-order valence-corrected chi connectivity index (χ0v) is 18.8. The third kappa shape index (κ3) is 3.39. The van der Waals surface area contributed by atoms with Crippen LogP contribution in [0.25, 0.3) is 0 Å². The topological polar surface area (TPSA) is 33.1 Å². The Balaban J connectivity index is 1.90. The average molecular weight is 423 g/mol. The summed E-state index contributed by atoms with van der Waals surface area (Å²) in [7, 11) is 0. The molecule has 4 rings (SSSR count). The molecule has 156 valence electrons. The van der Waals surface area contributed by atoms with Gasteiger partial charge in [-0.1, -0.05) is 6.07 Å². The monoisotopic (exact) mass is 422 g/mol. The molecule has 0 amide bonds. The lowest BCUT2D eigenvalue weighted by Gasteiger charge is -2.28. The van der Waals surface area contributed by atoms with Crippen LogP contribution in [0.2, 0.25) is 0 Å². The maximum absolute atomic E-state index is 14.0. The average Bonchev–Trinajstić information content (AvgIpc) is 3.20. The number of nitrogens with zero attached hydrogens (tertiary/aromatic N) is 3. The summed E-state index contributed by atoms with van der Waals surface area (Å²) in [6.07, 6.45) is 1.80. The van der Waals surface area contributed by atoms with E-state index in [-0.39, 0.29) is 17.9 Å². The van der Waals surface area contributed by atoms with Crippen molar-refractivity contribution in [3.63, 3.8) is 0 Å². The number of pyridine rings is 1. The molecule has 1 fully saturated rings. The van der Waals surface area contributed by atoms with Crippen LogP contribution in [0.5, 0.6) is 0 Å². The molecule has 1 saturated heterocycles. The molecule has 2 atom stereocenters. The fourth-order valence-electron chi connectivity index (χ4n) is 4.62. The first-order chi connectivity index (χ1) is 14.3. The van der Waals surface area contributed by atoms with Crippen molar-refractivity contribution in [3.8, 4) is 0 Å². The van der Waals surface area contributed by atoms with Gasteiger partial charge in [-0.05, 0) is 94.4 Å². The van der Waals surface area contributed by atoms with Crippen molar-refractivity contribution < 1.29 is 4.39 Å². The van der Waals surface area contributed by atoms with E-state index in [1.54, 1.807) is 19.2 Å². The SMILES string of the molecule is Cc1cc(N2C(=S)NC(c3ccccn3)C2c2cc(C)n(C(C)C)c2C)ccc1F. The molecular weight excluding hydrogens is 395 g/mol. The van der Waals surface area contributed by atoms with Crippen LogP contribution < -0.4 is 10.2 Å². The highest BCUT2D eigenvalue weighted by Crippen LogP contribution is 2.43. The van der Waals surface area contributed by atoms with Crippen LogP contribution in [0.1, 0.15) is 60.2 Å². The minimum absolute atomic E-state index is 0.0871. The van der Waals surface area contributed by atoms with Gasteiger partial charge in [-0.2, -0.15) is 0 Å². The summed E-state index contributed by atoms with van der Waals surface area (Å²) in [4.78, 5) is 6.71. The molecule has 0 saturated carbocycles. The van der Waals surface area contributed by atoms with Crippen molar-refractivity contribution in [3.05, 3.63) is 82.7 Å². The lowest BCUT2D eigenvalue weighted by molar-refractivity contribution is 0.547. The number of anilines is 1. The molecule has 3 heterocycles. The maximum Gasteiger partial charge on any atom is 0.174 e. The van der Waals surface area contributed by atoms with Crippen LogP contribution in [-0.2, 0) is 0 Å². The van der Waals surface area contributed by atoms with Crippen molar-refractivity contribution in [1.29, 1.82) is 0 Å². The summed E-state index contributed by atoms with van der Waals surface area (Å²) in [6, 6.07) is 13.5. The molecular formula is C24H27FN4S. The number of aromatic nitrogens is 2.